The first-order valence-electron chi connectivity index (χ1n) is 6.98. The third-order valence-corrected chi connectivity index (χ3v) is 3.17. The molecule has 0 aliphatic rings. The predicted molar refractivity (Wildman–Crippen MR) is 90.3 cm³/mol. The Kier molecular flexibility index (Phi) is 8.01. The molecule has 0 fully saturated rings. The summed E-state index contributed by atoms with van der Waals surface area (Å²) in [7, 11) is 0. The second-order valence-electron chi connectivity index (χ2n) is 5.42. The molecule has 2 aromatic rings. The van der Waals surface area contributed by atoms with E-state index < -0.39 is 23.4 Å². The topological polar surface area (TPSA) is 195 Å². The van der Waals surface area contributed by atoms with Crippen molar-refractivity contribution in [3.05, 3.63) is 48.3 Å². The highest BCUT2D eigenvalue weighted by Gasteiger charge is 2.28. The molecule has 1 heterocycles. The van der Waals surface area contributed by atoms with Crippen molar-refractivity contribution < 1.29 is 40.3 Å². The van der Waals surface area contributed by atoms with Crippen LogP contribution in [0, 0.1) is 0 Å². The minimum absolute atomic E-state index is 0. The number of carbonyl (C=O) groups is 3. The number of hydrogen-bond acceptors (Lipinski definition) is 5. The molecule has 0 aliphatic heterocycles. The van der Waals surface area contributed by atoms with Crippen LogP contribution < -0.4 is 5.73 Å². The lowest BCUT2D eigenvalue weighted by Crippen LogP contribution is -2.46. The molecule has 10 heteroatoms. The zero-order valence-electron chi connectivity index (χ0n) is 13.8. The molecule has 0 unspecified atom stereocenters. The summed E-state index contributed by atoms with van der Waals surface area (Å²) in [5, 5.41) is 33.7. The van der Waals surface area contributed by atoms with Gasteiger partial charge in [0, 0.05) is 18.8 Å². The summed E-state index contributed by atoms with van der Waals surface area (Å²) in [6, 6.07) is 8.65. The van der Waals surface area contributed by atoms with Gasteiger partial charge >= 0.3 is 17.9 Å². The van der Waals surface area contributed by atoms with Crippen LogP contribution in [-0.4, -0.2) is 53.9 Å². The van der Waals surface area contributed by atoms with Crippen molar-refractivity contribution in [2.75, 3.05) is 0 Å². The molecule has 0 saturated carbocycles. The van der Waals surface area contributed by atoms with Crippen LogP contribution in [0.1, 0.15) is 12.5 Å². The van der Waals surface area contributed by atoms with Gasteiger partial charge in [-0.05, 0) is 36.8 Å². The van der Waals surface area contributed by atoms with Crippen LogP contribution in [0.3, 0.4) is 0 Å². The molecule has 2 rings (SSSR count). The fourth-order valence-electron chi connectivity index (χ4n) is 1.88. The van der Waals surface area contributed by atoms with E-state index in [-0.39, 0.29) is 17.6 Å². The van der Waals surface area contributed by atoms with E-state index in [9.17, 15) is 9.90 Å². The Bertz CT molecular complexity index is 757. The molecule has 1 aromatic carbocycles. The highest BCUT2D eigenvalue weighted by molar-refractivity contribution is 6.27. The zero-order chi connectivity index (χ0) is 19.2. The molecule has 0 spiro atoms. The van der Waals surface area contributed by atoms with Gasteiger partial charge in [0.1, 0.15) is 11.3 Å². The van der Waals surface area contributed by atoms with E-state index in [2.05, 4.69) is 0 Å². The van der Waals surface area contributed by atoms with Crippen LogP contribution in [-0.2, 0) is 20.8 Å². The molecule has 10 nitrogen and oxygen atoms in total. The van der Waals surface area contributed by atoms with Crippen molar-refractivity contribution >= 4 is 17.9 Å². The van der Waals surface area contributed by atoms with Crippen molar-refractivity contribution in [2.24, 2.45) is 5.73 Å². The summed E-state index contributed by atoms with van der Waals surface area (Å²) in [5.41, 5.74) is 5.76. The van der Waals surface area contributed by atoms with Crippen molar-refractivity contribution in [3.8, 4) is 11.4 Å². The number of nitrogens with two attached hydrogens (primary N) is 1. The standard InChI is InChI=1S/C14H16N2O3.C2H2O4.H2O/c1-14(15,13(18)19)9-10-4-5-12(17)11(8-10)16-6-2-3-7-16;3-1(4)2(5)6;/h2-8,17H,9,15H2,1H3,(H,18,19);(H,3,4)(H,5,6);1H2/t14-;;/m1../s1. The Morgan fingerprint density at radius 3 is 2.00 bits per heavy atom. The smallest absolute Gasteiger partial charge is 0.414 e. The number of carboxylic acids is 3. The van der Waals surface area contributed by atoms with Gasteiger partial charge in [-0.1, -0.05) is 6.07 Å². The van der Waals surface area contributed by atoms with Crippen molar-refractivity contribution in [1.82, 2.24) is 4.57 Å². The molecule has 0 radical (unpaired) electrons. The van der Waals surface area contributed by atoms with E-state index in [1.54, 1.807) is 35.2 Å². The van der Waals surface area contributed by atoms with Crippen LogP contribution in [0.4, 0.5) is 0 Å². The zero-order valence-corrected chi connectivity index (χ0v) is 13.8. The molecule has 0 aliphatic carbocycles. The molecule has 1 atom stereocenters. The van der Waals surface area contributed by atoms with Gasteiger partial charge in [0.05, 0.1) is 5.69 Å². The summed E-state index contributed by atoms with van der Waals surface area (Å²) in [6.45, 7) is 1.47. The third kappa shape index (κ3) is 6.26. The SMILES string of the molecule is C[C@@](N)(Cc1ccc(O)c(-n2cccc2)c1)C(=O)O.O.O=C(O)C(=O)O. The molecule has 0 amide bonds. The normalized spacial score (nSPS) is 11.9. The van der Waals surface area contributed by atoms with Crippen LogP contribution in [0.5, 0.6) is 5.75 Å². The monoisotopic (exact) mass is 368 g/mol. The van der Waals surface area contributed by atoms with E-state index in [0.29, 0.717) is 5.69 Å². The molecule has 142 valence electrons. The highest BCUT2D eigenvalue weighted by atomic mass is 16.4. The molecular weight excluding hydrogens is 348 g/mol. The average Bonchev–Trinajstić information content (AvgIpc) is 3.03. The Hall–Kier alpha value is -3.37. The molecular formula is C16H20N2O8. The maximum atomic E-state index is 11.0. The molecule has 8 N–H and O–H groups in total. The number of benzene rings is 1. The second-order valence-corrected chi connectivity index (χ2v) is 5.42. The number of carboxylic acid groups (broad SMARTS) is 3. The van der Waals surface area contributed by atoms with Crippen LogP contribution in [0.15, 0.2) is 42.7 Å². The van der Waals surface area contributed by atoms with E-state index in [1.807, 2.05) is 12.1 Å². The van der Waals surface area contributed by atoms with Gasteiger partial charge in [-0.15, -0.1) is 0 Å². The lowest BCUT2D eigenvalue weighted by molar-refractivity contribution is -0.159. The second kappa shape index (κ2) is 9.20. The Morgan fingerprint density at radius 2 is 1.58 bits per heavy atom. The number of phenols is 1. The number of aliphatic carboxylic acids is 3. The van der Waals surface area contributed by atoms with Crippen LogP contribution in [0.25, 0.3) is 5.69 Å². The van der Waals surface area contributed by atoms with Gasteiger partial charge in [-0.2, -0.15) is 0 Å². The lowest BCUT2D eigenvalue weighted by atomic mass is 9.94. The van der Waals surface area contributed by atoms with Crippen LogP contribution in [0.2, 0.25) is 0 Å². The fourth-order valence-corrected chi connectivity index (χ4v) is 1.88. The van der Waals surface area contributed by atoms with E-state index in [0.717, 1.165) is 5.56 Å². The summed E-state index contributed by atoms with van der Waals surface area (Å²) >= 11 is 0. The largest absolute Gasteiger partial charge is 0.506 e. The molecule has 0 saturated heterocycles. The number of aromatic hydroxyl groups is 1. The third-order valence-electron chi connectivity index (χ3n) is 3.17. The maximum absolute atomic E-state index is 11.0. The molecule has 0 bridgehead atoms. The highest BCUT2D eigenvalue weighted by Crippen LogP contribution is 2.24. The number of aromatic nitrogens is 1. The van der Waals surface area contributed by atoms with E-state index in [4.69, 9.17) is 30.6 Å². The lowest BCUT2D eigenvalue weighted by Gasteiger charge is -2.19. The minimum Gasteiger partial charge on any atom is -0.506 e. The van der Waals surface area contributed by atoms with Gasteiger partial charge in [0.2, 0.25) is 0 Å². The van der Waals surface area contributed by atoms with Crippen LogP contribution >= 0.6 is 0 Å². The number of hydrogen-bond donors (Lipinski definition) is 5. The van der Waals surface area contributed by atoms with Crippen molar-refractivity contribution in [1.29, 1.82) is 0 Å². The first-order valence-corrected chi connectivity index (χ1v) is 6.98. The predicted octanol–water partition coefficient (Wildman–Crippen LogP) is -0.142. The fraction of sp³-hybridized carbons (Fsp3) is 0.188. The number of rotatable bonds is 4. The summed E-state index contributed by atoms with van der Waals surface area (Å²) < 4.78 is 1.76. The summed E-state index contributed by atoms with van der Waals surface area (Å²) in [6.07, 6.45) is 3.80. The minimum atomic E-state index is -1.82. The van der Waals surface area contributed by atoms with Gasteiger partial charge in [0.25, 0.3) is 0 Å². The van der Waals surface area contributed by atoms with Gasteiger partial charge < -0.3 is 36.2 Å². The van der Waals surface area contributed by atoms with Crippen molar-refractivity contribution in [2.45, 2.75) is 18.9 Å². The number of nitrogens with zero attached hydrogens (tertiary/aromatic N) is 1. The maximum Gasteiger partial charge on any atom is 0.414 e. The quantitative estimate of drug-likeness (QED) is 0.460. The van der Waals surface area contributed by atoms with E-state index >= 15 is 0 Å². The summed E-state index contributed by atoms with van der Waals surface area (Å²) in [4.78, 5) is 29.2. The molecule has 1 aromatic heterocycles. The van der Waals surface area contributed by atoms with Gasteiger partial charge in [-0.25, -0.2) is 9.59 Å². The Balaban J connectivity index is 0.000000777. The average molecular weight is 368 g/mol. The van der Waals surface area contributed by atoms with Gasteiger partial charge in [-0.3, -0.25) is 4.79 Å². The van der Waals surface area contributed by atoms with Gasteiger partial charge in [0.15, 0.2) is 0 Å². The summed E-state index contributed by atoms with van der Waals surface area (Å²) in [5.74, 6) is -4.57. The number of phenolic OH excluding ortho intramolecular Hbond substituents is 1. The van der Waals surface area contributed by atoms with E-state index in [1.165, 1.54) is 6.92 Å². The first kappa shape index (κ1) is 22.6. The first-order chi connectivity index (χ1) is 11.5. The molecule has 26 heavy (non-hydrogen) atoms. The van der Waals surface area contributed by atoms with Crippen molar-refractivity contribution in [3.63, 3.8) is 0 Å². The Labute approximate surface area is 148 Å². The Morgan fingerprint density at radius 1 is 1.08 bits per heavy atom.